The van der Waals surface area contributed by atoms with Gasteiger partial charge >= 0.3 is 0 Å². The molecular formula is C39H29N. The highest BCUT2D eigenvalue weighted by Gasteiger charge is 2.35. The van der Waals surface area contributed by atoms with Crippen LogP contribution in [0.25, 0.3) is 43.4 Å². The van der Waals surface area contributed by atoms with Crippen LogP contribution in [0.2, 0.25) is 0 Å². The van der Waals surface area contributed by atoms with E-state index in [0.29, 0.717) is 0 Å². The van der Waals surface area contributed by atoms with E-state index in [2.05, 4.69) is 158 Å². The lowest BCUT2D eigenvalue weighted by molar-refractivity contribution is 0.661. The van der Waals surface area contributed by atoms with Crippen LogP contribution < -0.4 is 4.90 Å². The van der Waals surface area contributed by atoms with Crippen LogP contribution in [-0.4, -0.2) is 0 Å². The summed E-state index contributed by atoms with van der Waals surface area (Å²) in [5.74, 6) is 0. The van der Waals surface area contributed by atoms with Crippen molar-refractivity contribution in [3.63, 3.8) is 0 Å². The van der Waals surface area contributed by atoms with Crippen molar-refractivity contribution in [1.29, 1.82) is 0 Å². The summed E-state index contributed by atoms with van der Waals surface area (Å²) in [6, 6.07) is 51.3. The van der Waals surface area contributed by atoms with Crippen LogP contribution in [0.1, 0.15) is 25.0 Å². The first-order valence-corrected chi connectivity index (χ1v) is 14.0. The quantitative estimate of drug-likeness (QED) is 0.228. The van der Waals surface area contributed by atoms with Gasteiger partial charge in [0.1, 0.15) is 0 Å². The van der Waals surface area contributed by atoms with Gasteiger partial charge in [0.05, 0.1) is 5.69 Å². The van der Waals surface area contributed by atoms with Gasteiger partial charge < -0.3 is 4.90 Å². The second kappa shape index (κ2) is 8.56. The maximum Gasteiger partial charge on any atom is 0.0540 e. The van der Waals surface area contributed by atoms with Gasteiger partial charge in [-0.3, -0.25) is 0 Å². The highest BCUT2D eigenvalue weighted by molar-refractivity contribution is 6.04. The van der Waals surface area contributed by atoms with E-state index in [1.807, 2.05) is 0 Å². The minimum atomic E-state index is -0.0213. The maximum absolute atomic E-state index is 2.43. The van der Waals surface area contributed by atoms with Crippen LogP contribution in [0.3, 0.4) is 0 Å². The molecule has 0 radical (unpaired) electrons. The molecule has 1 aliphatic rings. The van der Waals surface area contributed by atoms with Gasteiger partial charge in [-0.05, 0) is 91.6 Å². The zero-order valence-corrected chi connectivity index (χ0v) is 22.7. The molecule has 0 saturated heterocycles. The van der Waals surface area contributed by atoms with Crippen LogP contribution in [0, 0.1) is 0 Å². The molecule has 1 heteroatoms. The third-order valence-corrected chi connectivity index (χ3v) is 8.78. The Bertz CT molecular complexity index is 2020. The molecule has 0 aromatic heterocycles. The van der Waals surface area contributed by atoms with Gasteiger partial charge in [-0.15, -0.1) is 0 Å². The van der Waals surface area contributed by atoms with E-state index < -0.39 is 0 Å². The Hall–Kier alpha value is -4.88. The summed E-state index contributed by atoms with van der Waals surface area (Å²) in [7, 11) is 0. The van der Waals surface area contributed by atoms with Gasteiger partial charge in [0, 0.05) is 22.2 Å². The highest BCUT2D eigenvalue weighted by Crippen LogP contribution is 2.51. The molecule has 7 aromatic carbocycles. The lowest BCUT2D eigenvalue weighted by atomic mass is 9.82. The number of rotatable bonds is 3. The fraction of sp³-hybridized carbons (Fsp3) is 0.0769. The molecule has 0 bridgehead atoms. The minimum Gasteiger partial charge on any atom is -0.310 e. The Balaban J connectivity index is 1.41. The van der Waals surface area contributed by atoms with Crippen molar-refractivity contribution in [2.45, 2.75) is 19.3 Å². The normalized spacial score (nSPS) is 13.4. The van der Waals surface area contributed by atoms with Crippen LogP contribution in [0.4, 0.5) is 17.1 Å². The van der Waals surface area contributed by atoms with Crippen LogP contribution in [-0.2, 0) is 5.41 Å². The number of benzene rings is 7. The molecule has 7 aromatic rings. The standard InChI is InChI=1S/C39H29N/c1-39(2)36-16-8-7-15-33(36)35-25-34-30(24-37(35)39)14-9-17-38(34)40(31-20-18-26-10-3-5-12-28(26)22-31)32-21-19-27-11-4-6-13-29(27)23-32/h3-25H,1-2H3. The topological polar surface area (TPSA) is 3.24 Å². The Morgan fingerprint density at radius 1 is 0.425 bits per heavy atom. The molecular weight excluding hydrogens is 482 g/mol. The molecule has 190 valence electrons. The average molecular weight is 512 g/mol. The molecule has 0 fully saturated rings. The van der Waals surface area contributed by atoms with Crippen molar-refractivity contribution >= 4 is 49.4 Å². The molecule has 0 atom stereocenters. The Morgan fingerprint density at radius 2 is 1.00 bits per heavy atom. The van der Waals surface area contributed by atoms with Crippen molar-refractivity contribution in [2.75, 3.05) is 4.90 Å². The van der Waals surface area contributed by atoms with Gasteiger partial charge in [0.2, 0.25) is 0 Å². The summed E-state index contributed by atoms with van der Waals surface area (Å²) in [5, 5.41) is 7.50. The lowest BCUT2D eigenvalue weighted by Gasteiger charge is -2.28. The fourth-order valence-electron chi connectivity index (χ4n) is 6.71. The fourth-order valence-corrected chi connectivity index (χ4v) is 6.71. The second-order valence-corrected chi connectivity index (χ2v) is 11.5. The summed E-state index contributed by atoms with van der Waals surface area (Å²) in [6.45, 7) is 4.70. The van der Waals surface area contributed by atoms with Crippen molar-refractivity contribution in [3.8, 4) is 11.1 Å². The van der Waals surface area contributed by atoms with Gasteiger partial charge in [0.25, 0.3) is 0 Å². The van der Waals surface area contributed by atoms with Crippen molar-refractivity contribution in [1.82, 2.24) is 0 Å². The largest absolute Gasteiger partial charge is 0.310 e. The number of fused-ring (bicyclic) bond motifs is 6. The second-order valence-electron chi connectivity index (χ2n) is 11.5. The summed E-state index contributed by atoms with van der Waals surface area (Å²) in [6.07, 6.45) is 0. The van der Waals surface area contributed by atoms with Gasteiger partial charge in [-0.2, -0.15) is 0 Å². The van der Waals surface area contributed by atoms with Crippen molar-refractivity contribution in [3.05, 3.63) is 151 Å². The summed E-state index contributed by atoms with van der Waals surface area (Å²) in [4.78, 5) is 2.43. The third-order valence-electron chi connectivity index (χ3n) is 8.78. The smallest absolute Gasteiger partial charge is 0.0540 e. The molecule has 0 unspecified atom stereocenters. The molecule has 0 aliphatic heterocycles. The molecule has 40 heavy (non-hydrogen) atoms. The monoisotopic (exact) mass is 511 g/mol. The maximum atomic E-state index is 2.43. The van der Waals surface area contributed by atoms with E-state index in [0.717, 1.165) is 11.4 Å². The predicted molar refractivity (Wildman–Crippen MR) is 171 cm³/mol. The Kier molecular flexibility index (Phi) is 4.93. The van der Waals surface area contributed by atoms with Gasteiger partial charge in [-0.1, -0.05) is 111 Å². The van der Waals surface area contributed by atoms with E-state index in [1.165, 1.54) is 60.3 Å². The molecule has 0 N–H and O–H groups in total. The molecule has 0 spiro atoms. The number of hydrogen-bond donors (Lipinski definition) is 0. The average Bonchev–Trinajstić information content (AvgIpc) is 3.22. The summed E-state index contributed by atoms with van der Waals surface area (Å²) < 4.78 is 0. The highest BCUT2D eigenvalue weighted by atomic mass is 15.1. The Morgan fingerprint density at radius 3 is 1.68 bits per heavy atom. The first-order valence-electron chi connectivity index (χ1n) is 14.0. The van der Waals surface area contributed by atoms with Crippen LogP contribution in [0.5, 0.6) is 0 Å². The number of anilines is 3. The van der Waals surface area contributed by atoms with Crippen molar-refractivity contribution in [2.24, 2.45) is 0 Å². The zero-order chi connectivity index (χ0) is 26.8. The molecule has 0 amide bonds. The Labute approximate surface area is 234 Å². The van der Waals surface area contributed by atoms with E-state index >= 15 is 0 Å². The molecule has 0 saturated carbocycles. The van der Waals surface area contributed by atoms with E-state index in [-0.39, 0.29) is 5.41 Å². The van der Waals surface area contributed by atoms with Gasteiger partial charge in [-0.25, -0.2) is 0 Å². The number of hydrogen-bond acceptors (Lipinski definition) is 1. The first kappa shape index (κ1) is 23.0. The minimum absolute atomic E-state index is 0.0213. The predicted octanol–water partition coefficient (Wildman–Crippen LogP) is 10.9. The van der Waals surface area contributed by atoms with E-state index in [4.69, 9.17) is 0 Å². The molecule has 1 aliphatic carbocycles. The molecule has 8 rings (SSSR count). The SMILES string of the molecule is CC1(C)c2ccccc2-c2cc3c(N(c4ccc5ccccc5c4)c4ccc5ccccc5c4)cccc3cc21. The van der Waals surface area contributed by atoms with E-state index in [1.54, 1.807) is 0 Å². The molecule has 0 heterocycles. The third kappa shape index (κ3) is 3.41. The van der Waals surface area contributed by atoms with Crippen LogP contribution in [0.15, 0.2) is 140 Å². The van der Waals surface area contributed by atoms with Gasteiger partial charge in [0.15, 0.2) is 0 Å². The van der Waals surface area contributed by atoms with Crippen molar-refractivity contribution < 1.29 is 0 Å². The van der Waals surface area contributed by atoms with Crippen LogP contribution >= 0.6 is 0 Å². The zero-order valence-electron chi connectivity index (χ0n) is 22.7. The molecule has 1 nitrogen and oxygen atoms in total. The number of nitrogens with zero attached hydrogens (tertiary/aromatic N) is 1. The first-order chi connectivity index (χ1) is 19.6. The lowest BCUT2D eigenvalue weighted by Crippen LogP contribution is -2.15. The summed E-state index contributed by atoms with van der Waals surface area (Å²) >= 11 is 0. The summed E-state index contributed by atoms with van der Waals surface area (Å²) in [5.41, 5.74) is 8.98. The van der Waals surface area contributed by atoms with E-state index in [9.17, 15) is 0 Å².